The molecule has 34 heavy (non-hydrogen) atoms. The number of nitrogens with zero attached hydrogens (tertiary/aromatic N) is 3. The zero-order valence-electron chi connectivity index (χ0n) is 19.1. The van der Waals surface area contributed by atoms with Crippen molar-refractivity contribution in [1.29, 1.82) is 5.41 Å². The Hall–Kier alpha value is -3.76. The Kier molecular flexibility index (Phi) is 5.76. The first-order valence-corrected chi connectivity index (χ1v) is 11.1. The Morgan fingerprint density at radius 3 is 3.00 bits per heavy atom. The molecule has 1 saturated heterocycles. The molecule has 3 heterocycles. The summed E-state index contributed by atoms with van der Waals surface area (Å²) in [6.07, 6.45) is 1.25. The van der Waals surface area contributed by atoms with E-state index >= 15 is 0 Å². The standard InChI is InChI=1S/C24H26N6O4/c1-14-17(4-5-18-19(14)13-33-23(18)31)20-12-30(8-7-26-20)11-16(10-25)28-27-15-3-6-22-21(9-15)29(2)24(32)34-22/h3-6,9-10,20,25-27H,7-8,11-13H2,1-2H3/b25-10?,28-16+/t20-/m0/s1. The number of carbonyl (C=O) groups is 1. The first-order valence-electron chi connectivity index (χ1n) is 11.1. The van der Waals surface area contributed by atoms with Crippen LogP contribution in [0.25, 0.3) is 11.1 Å². The quantitative estimate of drug-likeness (QED) is 0.291. The van der Waals surface area contributed by atoms with Gasteiger partial charge in [0.2, 0.25) is 0 Å². The Morgan fingerprint density at radius 1 is 1.32 bits per heavy atom. The molecule has 176 valence electrons. The van der Waals surface area contributed by atoms with Gasteiger partial charge in [0.1, 0.15) is 6.61 Å². The molecule has 0 unspecified atom stereocenters. The number of hydrogen-bond donors (Lipinski definition) is 3. The molecule has 10 heteroatoms. The van der Waals surface area contributed by atoms with Gasteiger partial charge in [-0.25, -0.2) is 9.59 Å². The van der Waals surface area contributed by atoms with Crippen molar-refractivity contribution in [1.82, 2.24) is 14.8 Å². The number of hydrazone groups is 1. The Morgan fingerprint density at radius 2 is 2.18 bits per heavy atom. The number of ether oxygens (including phenoxy) is 1. The van der Waals surface area contributed by atoms with Crippen LogP contribution >= 0.6 is 0 Å². The van der Waals surface area contributed by atoms with Gasteiger partial charge in [-0.15, -0.1) is 0 Å². The van der Waals surface area contributed by atoms with Crippen molar-refractivity contribution in [2.75, 3.05) is 31.6 Å². The summed E-state index contributed by atoms with van der Waals surface area (Å²) < 4.78 is 11.8. The predicted molar refractivity (Wildman–Crippen MR) is 129 cm³/mol. The molecule has 3 aromatic rings. The summed E-state index contributed by atoms with van der Waals surface area (Å²) >= 11 is 0. The van der Waals surface area contributed by atoms with Crippen molar-refractivity contribution in [3.8, 4) is 0 Å². The number of piperazine rings is 1. The van der Waals surface area contributed by atoms with Crippen LogP contribution in [0.15, 0.2) is 44.6 Å². The molecule has 0 amide bonds. The van der Waals surface area contributed by atoms with Gasteiger partial charge < -0.3 is 19.9 Å². The number of hydrogen-bond acceptors (Lipinski definition) is 9. The predicted octanol–water partition coefficient (Wildman–Crippen LogP) is 2.17. The van der Waals surface area contributed by atoms with Crippen LogP contribution in [0.4, 0.5) is 5.69 Å². The molecule has 2 aliphatic rings. The van der Waals surface area contributed by atoms with Gasteiger partial charge in [-0.05, 0) is 42.3 Å². The molecule has 2 aromatic carbocycles. The second-order valence-corrected chi connectivity index (χ2v) is 8.59. The van der Waals surface area contributed by atoms with E-state index in [1.165, 1.54) is 10.8 Å². The number of anilines is 1. The first-order chi connectivity index (χ1) is 16.4. The highest BCUT2D eigenvalue weighted by Crippen LogP contribution is 2.30. The lowest BCUT2D eigenvalue weighted by atomic mass is 9.93. The Balaban J connectivity index is 1.28. The van der Waals surface area contributed by atoms with E-state index in [1.807, 2.05) is 19.1 Å². The number of aryl methyl sites for hydroxylation is 1. The van der Waals surface area contributed by atoms with E-state index in [9.17, 15) is 9.59 Å². The van der Waals surface area contributed by atoms with Crippen molar-refractivity contribution in [2.24, 2.45) is 12.1 Å². The minimum atomic E-state index is -0.415. The summed E-state index contributed by atoms with van der Waals surface area (Å²) in [6.45, 7) is 5.28. The van der Waals surface area contributed by atoms with Gasteiger partial charge in [0.05, 0.1) is 22.5 Å². The molecule has 3 N–H and O–H groups in total. The molecule has 1 fully saturated rings. The molecule has 0 aliphatic carbocycles. The zero-order valence-corrected chi connectivity index (χ0v) is 19.1. The molecule has 0 radical (unpaired) electrons. The van der Waals surface area contributed by atoms with Gasteiger partial charge >= 0.3 is 11.7 Å². The van der Waals surface area contributed by atoms with Gasteiger partial charge in [-0.3, -0.25) is 14.9 Å². The lowest BCUT2D eigenvalue weighted by Crippen LogP contribution is -2.47. The molecular weight excluding hydrogens is 436 g/mol. The number of benzene rings is 2. The third-order valence-electron chi connectivity index (χ3n) is 6.52. The summed E-state index contributed by atoms with van der Waals surface area (Å²) in [7, 11) is 1.65. The number of rotatable bonds is 6. The Bertz CT molecular complexity index is 1370. The van der Waals surface area contributed by atoms with Crippen LogP contribution in [0.3, 0.4) is 0 Å². The number of carbonyl (C=O) groups excluding carboxylic acids is 1. The zero-order chi connectivity index (χ0) is 23.8. The maximum atomic E-state index is 11.9. The number of nitrogens with one attached hydrogen (secondary N) is 3. The van der Waals surface area contributed by atoms with Crippen molar-refractivity contribution >= 4 is 34.7 Å². The second-order valence-electron chi connectivity index (χ2n) is 8.59. The normalized spacial score (nSPS) is 18.7. The van der Waals surface area contributed by atoms with Gasteiger partial charge in [0.25, 0.3) is 0 Å². The molecular formula is C24H26N6O4. The van der Waals surface area contributed by atoms with E-state index < -0.39 is 5.76 Å². The Labute approximate surface area is 195 Å². The highest BCUT2D eigenvalue weighted by Gasteiger charge is 2.28. The van der Waals surface area contributed by atoms with E-state index in [1.54, 1.807) is 25.2 Å². The third kappa shape index (κ3) is 4.02. The number of cyclic esters (lactones) is 1. The van der Waals surface area contributed by atoms with E-state index in [0.29, 0.717) is 41.2 Å². The van der Waals surface area contributed by atoms with Gasteiger partial charge in [0, 0.05) is 51.0 Å². The van der Waals surface area contributed by atoms with Crippen LogP contribution in [0.2, 0.25) is 0 Å². The first kappa shape index (κ1) is 22.1. The van der Waals surface area contributed by atoms with E-state index in [4.69, 9.17) is 14.6 Å². The van der Waals surface area contributed by atoms with Crippen LogP contribution in [0.1, 0.15) is 33.1 Å². The SMILES string of the molecule is Cc1c([C@@H]2CN(C/C(C=N)=N/Nc3ccc4oc(=O)n(C)c4c3)CCN2)ccc2c1COC2=O. The number of fused-ring (bicyclic) bond motifs is 2. The average molecular weight is 463 g/mol. The number of aromatic nitrogens is 1. The summed E-state index contributed by atoms with van der Waals surface area (Å²) in [5, 5.41) is 15.8. The smallest absolute Gasteiger partial charge is 0.419 e. The van der Waals surface area contributed by atoms with Crippen molar-refractivity contribution in [2.45, 2.75) is 19.6 Å². The second kappa shape index (κ2) is 8.88. The van der Waals surface area contributed by atoms with Crippen LogP contribution in [-0.4, -0.2) is 53.5 Å². The van der Waals surface area contributed by atoms with Crippen molar-refractivity contribution in [3.63, 3.8) is 0 Å². The fourth-order valence-electron chi connectivity index (χ4n) is 4.58. The van der Waals surface area contributed by atoms with Crippen LogP contribution in [0.5, 0.6) is 0 Å². The summed E-state index contributed by atoms with van der Waals surface area (Å²) in [4.78, 5) is 25.8. The fourth-order valence-corrected chi connectivity index (χ4v) is 4.58. The number of oxazole rings is 1. The highest BCUT2D eigenvalue weighted by atomic mass is 16.5. The molecule has 0 saturated carbocycles. The lowest BCUT2D eigenvalue weighted by Gasteiger charge is -2.34. The minimum absolute atomic E-state index is 0.111. The van der Waals surface area contributed by atoms with Crippen molar-refractivity contribution < 1.29 is 13.9 Å². The topological polar surface area (TPSA) is 125 Å². The highest BCUT2D eigenvalue weighted by molar-refractivity contribution is 6.30. The number of esters is 1. The monoisotopic (exact) mass is 462 g/mol. The summed E-state index contributed by atoms with van der Waals surface area (Å²) in [6, 6.07) is 9.26. The van der Waals surface area contributed by atoms with E-state index in [2.05, 4.69) is 20.7 Å². The largest absolute Gasteiger partial charge is 0.457 e. The maximum absolute atomic E-state index is 11.9. The van der Waals surface area contributed by atoms with Crippen LogP contribution in [-0.2, 0) is 18.4 Å². The maximum Gasteiger partial charge on any atom is 0.419 e. The molecule has 5 rings (SSSR count). The molecule has 2 aliphatic heterocycles. The molecule has 0 bridgehead atoms. The minimum Gasteiger partial charge on any atom is -0.457 e. The fraction of sp³-hybridized carbons (Fsp3) is 0.333. The lowest BCUT2D eigenvalue weighted by molar-refractivity contribution is 0.0535. The van der Waals surface area contributed by atoms with Gasteiger partial charge in [0.15, 0.2) is 5.58 Å². The van der Waals surface area contributed by atoms with Crippen LogP contribution < -0.4 is 16.5 Å². The van der Waals surface area contributed by atoms with Crippen LogP contribution in [0, 0.1) is 12.3 Å². The average Bonchev–Trinajstić information content (AvgIpc) is 3.36. The summed E-state index contributed by atoms with van der Waals surface area (Å²) in [5.74, 6) is -0.668. The van der Waals surface area contributed by atoms with E-state index in [-0.39, 0.29) is 12.0 Å². The molecule has 1 aromatic heterocycles. The van der Waals surface area contributed by atoms with Gasteiger partial charge in [-0.2, -0.15) is 5.10 Å². The third-order valence-corrected chi connectivity index (χ3v) is 6.52. The molecule has 1 atom stereocenters. The molecule has 0 spiro atoms. The van der Waals surface area contributed by atoms with Gasteiger partial charge in [-0.1, -0.05) is 6.07 Å². The summed E-state index contributed by atoms with van der Waals surface area (Å²) in [5.41, 5.74) is 9.35. The molecule has 10 nitrogen and oxygen atoms in total. The van der Waals surface area contributed by atoms with E-state index in [0.717, 1.165) is 36.3 Å². The van der Waals surface area contributed by atoms with Crippen molar-refractivity contribution in [3.05, 3.63) is 63.1 Å².